The van der Waals surface area contributed by atoms with Crippen LogP contribution in [-0.4, -0.2) is 17.2 Å². The molecular formula is C11H20F6N3P. The molecule has 126 valence electrons. The van der Waals surface area contributed by atoms with E-state index in [9.17, 15) is 25.2 Å². The van der Waals surface area contributed by atoms with Gasteiger partial charge in [0.2, 0.25) is 6.33 Å². The molecule has 1 saturated heterocycles. The predicted octanol–water partition coefficient (Wildman–Crippen LogP) is 4.40. The maximum absolute atomic E-state index is 10.7. The molecule has 0 spiro atoms. The fourth-order valence-electron chi connectivity index (χ4n) is 2.21. The molecule has 21 heavy (non-hydrogen) atoms. The molecule has 10 heteroatoms. The van der Waals surface area contributed by atoms with Gasteiger partial charge in [0.25, 0.3) is 0 Å². The van der Waals surface area contributed by atoms with Crippen molar-refractivity contribution in [2.24, 2.45) is 7.05 Å². The predicted molar refractivity (Wildman–Crippen MR) is 69.5 cm³/mol. The van der Waals surface area contributed by atoms with E-state index in [1.807, 2.05) is 0 Å². The zero-order chi connectivity index (χ0) is 16.4. The maximum atomic E-state index is 9.87. The first-order valence-electron chi connectivity index (χ1n) is 6.55. The van der Waals surface area contributed by atoms with Crippen LogP contribution in [0.5, 0.6) is 0 Å². The third-order valence-corrected chi connectivity index (χ3v) is 3.19. The van der Waals surface area contributed by atoms with Crippen LogP contribution in [0.25, 0.3) is 0 Å². The standard InChI is InChI=1S/C11H20N3.F6P/c1-10(11-5-3-4-6-12-11)14-8-7-13(2)9-14;1-7(2,3,4,5)6/h7-12H,3-6H2,1-2H3;/q+1;-1. The Morgan fingerprint density at radius 1 is 1.19 bits per heavy atom. The van der Waals surface area contributed by atoms with E-state index in [0.717, 1.165) is 0 Å². The van der Waals surface area contributed by atoms with Gasteiger partial charge in [-0.25, -0.2) is 9.13 Å². The van der Waals surface area contributed by atoms with Crippen LogP contribution in [0, 0.1) is 0 Å². The second kappa shape index (κ2) is 5.43. The van der Waals surface area contributed by atoms with Gasteiger partial charge in [0, 0.05) is 6.04 Å². The van der Waals surface area contributed by atoms with Gasteiger partial charge in [0.15, 0.2) is 0 Å². The molecule has 1 aromatic rings. The SMILES string of the molecule is CC(C1CCCCN1)n1cc[n+](C)c1.F[P-](F)(F)(F)(F)F. The van der Waals surface area contributed by atoms with E-state index in [4.69, 9.17) is 0 Å². The molecule has 2 heterocycles. The monoisotopic (exact) mass is 339 g/mol. The second-order valence-electron chi connectivity index (χ2n) is 5.28. The summed E-state index contributed by atoms with van der Waals surface area (Å²) < 4.78 is 63.6. The molecular weight excluding hydrogens is 319 g/mol. The van der Waals surface area contributed by atoms with E-state index in [1.165, 1.54) is 25.8 Å². The summed E-state index contributed by atoms with van der Waals surface area (Å²) in [6, 6.07) is 1.22. The van der Waals surface area contributed by atoms with Gasteiger partial charge < -0.3 is 5.32 Å². The molecule has 0 bridgehead atoms. The van der Waals surface area contributed by atoms with Gasteiger partial charge in [-0.2, -0.15) is 0 Å². The summed E-state index contributed by atoms with van der Waals surface area (Å²) in [6.45, 7) is 3.48. The van der Waals surface area contributed by atoms with Crippen LogP contribution in [0.15, 0.2) is 18.7 Å². The molecule has 0 aromatic carbocycles. The van der Waals surface area contributed by atoms with Crippen LogP contribution in [0.2, 0.25) is 0 Å². The Labute approximate surface area is 119 Å². The van der Waals surface area contributed by atoms with E-state index < -0.39 is 7.81 Å². The molecule has 1 aliphatic heterocycles. The van der Waals surface area contributed by atoms with E-state index in [0.29, 0.717) is 12.1 Å². The number of hydrogen-bond acceptors (Lipinski definition) is 1. The summed E-state index contributed by atoms with van der Waals surface area (Å²) in [6.07, 6.45) is 10.4. The van der Waals surface area contributed by atoms with Crippen LogP contribution >= 0.6 is 7.81 Å². The molecule has 0 radical (unpaired) electrons. The van der Waals surface area contributed by atoms with Crippen LogP contribution < -0.4 is 9.88 Å². The Morgan fingerprint density at radius 3 is 2.14 bits per heavy atom. The molecule has 2 atom stereocenters. The van der Waals surface area contributed by atoms with Crippen molar-refractivity contribution in [3.63, 3.8) is 0 Å². The summed E-state index contributed by atoms with van der Waals surface area (Å²) in [4.78, 5) is 0. The summed E-state index contributed by atoms with van der Waals surface area (Å²) in [5.41, 5.74) is 0. The Kier molecular flexibility index (Phi) is 4.71. The molecule has 1 fully saturated rings. The molecule has 0 amide bonds. The summed E-state index contributed by atoms with van der Waals surface area (Å²) in [7, 11) is -8.59. The van der Waals surface area contributed by atoms with Crippen LogP contribution in [0.1, 0.15) is 32.2 Å². The van der Waals surface area contributed by atoms with Crippen LogP contribution in [-0.2, 0) is 7.05 Å². The molecule has 2 unspecified atom stereocenters. The molecule has 0 aliphatic carbocycles. The molecule has 1 N–H and O–H groups in total. The number of aromatic nitrogens is 2. The molecule has 2 rings (SSSR count). The van der Waals surface area contributed by atoms with Crippen molar-refractivity contribution in [3.05, 3.63) is 18.7 Å². The number of rotatable bonds is 2. The summed E-state index contributed by atoms with van der Waals surface area (Å²) in [5, 5.41) is 3.60. The number of hydrogen-bond donors (Lipinski definition) is 1. The van der Waals surface area contributed by atoms with Crippen molar-refractivity contribution in [1.29, 1.82) is 0 Å². The fourth-order valence-corrected chi connectivity index (χ4v) is 2.21. The zero-order valence-electron chi connectivity index (χ0n) is 11.8. The van der Waals surface area contributed by atoms with Crippen molar-refractivity contribution in [2.75, 3.05) is 6.54 Å². The van der Waals surface area contributed by atoms with E-state index in [1.54, 1.807) is 0 Å². The van der Waals surface area contributed by atoms with Gasteiger partial charge in [0.1, 0.15) is 18.4 Å². The van der Waals surface area contributed by atoms with Crippen molar-refractivity contribution in [2.45, 2.75) is 38.3 Å². The van der Waals surface area contributed by atoms with Gasteiger partial charge in [-0.3, -0.25) is 0 Å². The topological polar surface area (TPSA) is 20.8 Å². The number of aryl methyl sites for hydroxylation is 1. The number of nitrogens with zero attached hydrogens (tertiary/aromatic N) is 2. The van der Waals surface area contributed by atoms with Crippen molar-refractivity contribution in [1.82, 2.24) is 9.88 Å². The summed E-state index contributed by atoms with van der Waals surface area (Å²) >= 11 is 0. The second-order valence-corrected chi connectivity index (χ2v) is 7.20. The Balaban J connectivity index is 0.000000270. The first-order chi connectivity index (χ1) is 9.22. The average Bonchev–Trinajstić information content (AvgIpc) is 2.72. The number of piperidine rings is 1. The van der Waals surface area contributed by atoms with Crippen LogP contribution in [0.3, 0.4) is 0 Å². The van der Waals surface area contributed by atoms with Gasteiger partial charge in [-0.05, 0) is 26.3 Å². The third-order valence-electron chi connectivity index (χ3n) is 3.19. The first-order valence-corrected chi connectivity index (χ1v) is 8.58. The van der Waals surface area contributed by atoms with Crippen LogP contribution in [0.4, 0.5) is 25.2 Å². The van der Waals surface area contributed by atoms with Crippen molar-refractivity contribution >= 4 is 7.81 Å². The minimum absolute atomic E-state index is 0.566. The van der Waals surface area contributed by atoms with Crippen molar-refractivity contribution < 1.29 is 29.7 Å². The Bertz CT molecular complexity index is 451. The average molecular weight is 339 g/mol. The third kappa shape index (κ3) is 9.68. The Hall–Kier alpha value is -0.820. The molecule has 1 aromatic heterocycles. The van der Waals surface area contributed by atoms with E-state index in [2.05, 4.69) is 47.1 Å². The van der Waals surface area contributed by atoms with Gasteiger partial charge in [0.05, 0.1) is 7.05 Å². The number of nitrogens with one attached hydrogen (secondary N) is 1. The molecule has 0 saturated carbocycles. The minimum atomic E-state index is -10.7. The number of halogens is 6. The number of imidazole rings is 1. The summed E-state index contributed by atoms with van der Waals surface area (Å²) in [5.74, 6) is 0. The fraction of sp³-hybridized carbons (Fsp3) is 0.727. The quantitative estimate of drug-likeness (QED) is 0.481. The molecule has 3 nitrogen and oxygen atoms in total. The van der Waals surface area contributed by atoms with E-state index >= 15 is 0 Å². The van der Waals surface area contributed by atoms with Gasteiger partial charge in [-0.1, -0.05) is 6.42 Å². The Morgan fingerprint density at radius 2 is 1.76 bits per heavy atom. The van der Waals surface area contributed by atoms with E-state index in [-0.39, 0.29) is 0 Å². The molecule has 1 aliphatic rings. The van der Waals surface area contributed by atoms with Gasteiger partial charge in [-0.15, -0.1) is 0 Å². The van der Waals surface area contributed by atoms with Crippen molar-refractivity contribution in [3.8, 4) is 0 Å². The normalized spacial score (nSPS) is 24.3. The van der Waals surface area contributed by atoms with Gasteiger partial charge >= 0.3 is 33.0 Å². The first kappa shape index (κ1) is 18.2. The zero-order valence-corrected chi connectivity index (χ0v) is 12.7.